The molecule has 7 heteroatoms. The van der Waals surface area contributed by atoms with E-state index in [4.69, 9.17) is 0 Å². The van der Waals surface area contributed by atoms with Gasteiger partial charge in [0.15, 0.2) is 0 Å². The summed E-state index contributed by atoms with van der Waals surface area (Å²) in [5.74, 6) is -3.63. The number of hydrogen-bond acceptors (Lipinski definition) is 3. The lowest BCUT2D eigenvalue weighted by Gasteiger charge is -2.24. The van der Waals surface area contributed by atoms with E-state index < -0.39 is 35.1 Å². The van der Waals surface area contributed by atoms with Crippen molar-refractivity contribution in [2.45, 2.75) is 32.9 Å². The van der Waals surface area contributed by atoms with E-state index in [2.05, 4.69) is 15.6 Å². The lowest BCUT2D eigenvalue weighted by molar-refractivity contribution is -0.124. The highest BCUT2D eigenvalue weighted by Gasteiger charge is 2.28. The summed E-state index contributed by atoms with van der Waals surface area (Å²) in [4.78, 5) is 28.8. The van der Waals surface area contributed by atoms with Gasteiger partial charge in [0.2, 0.25) is 5.91 Å². The molecule has 1 aromatic carbocycles. The number of halogens is 2. The van der Waals surface area contributed by atoms with Gasteiger partial charge < -0.3 is 10.6 Å². The molecule has 0 saturated heterocycles. The Morgan fingerprint density at radius 2 is 1.54 bits per heavy atom. The monoisotopic (exact) mass is 361 g/mol. The van der Waals surface area contributed by atoms with E-state index in [1.54, 1.807) is 45.3 Å². The van der Waals surface area contributed by atoms with E-state index in [0.29, 0.717) is 0 Å². The predicted molar refractivity (Wildman–Crippen MR) is 93.2 cm³/mol. The summed E-state index contributed by atoms with van der Waals surface area (Å²) in [6.07, 6.45) is 3.22. The van der Waals surface area contributed by atoms with Gasteiger partial charge in [-0.25, -0.2) is 8.78 Å². The zero-order chi connectivity index (χ0) is 19.3. The van der Waals surface area contributed by atoms with Crippen molar-refractivity contribution in [1.82, 2.24) is 15.6 Å². The first-order valence-electron chi connectivity index (χ1n) is 8.26. The maximum absolute atomic E-state index is 13.8. The molecular formula is C19H21F2N3O2. The summed E-state index contributed by atoms with van der Waals surface area (Å²) in [6.45, 7) is 5.27. The third-order valence-corrected chi connectivity index (χ3v) is 3.99. The quantitative estimate of drug-likeness (QED) is 0.831. The summed E-state index contributed by atoms with van der Waals surface area (Å²) in [7, 11) is 0. The number of hydrogen-bond donors (Lipinski definition) is 2. The van der Waals surface area contributed by atoms with Crippen molar-refractivity contribution < 1.29 is 18.4 Å². The van der Waals surface area contributed by atoms with Crippen molar-refractivity contribution in [3.8, 4) is 0 Å². The molecule has 1 aromatic heterocycles. The van der Waals surface area contributed by atoms with Crippen molar-refractivity contribution >= 4 is 11.8 Å². The summed E-state index contributed by atoms with van der Waals surface area (Å²) in [6, 6.07) is 5.44. The molecule has 2 N–H and O–H groups in total. The van der Waals surface area contributed by atoms with Gasteiger partial charge >= 0.3 is 0 Å². The molecule has 0 radical (unpaired) electrons. The summed E-state index contributed by atoms with van der Waals surface area (Å²) < 4.78 is 27.6. The molecule has 138 valence electrons. The van der Waals surface area contributed by atoms with Gasteiger partial charge in [0.25, 0.3) is 5.91 Å². The molecule has 1 heterocycles. The highest BCUT2D eigenvalue weighted by atomic mass is 19.1. The summed E-state index contributed by atoms with van der Waals surface area (Å²) in [5, 5.41) is 5.22. The summed E-state index contributed by atoms with van der Waals surface area (Å²) in [5.41, 5.74) is 0.149. The van der Waals surface area contributed by atoms with E-state index in [-0.39, 0.29) is 12.0 Å². The number of amides is 2. The van der Waals surface area contributed by atoms with E-state index in [1.807, 2.05) is 0 Å². The Labute approximate surface area is 150 Å². The van der Waals surface area contributed by atoms with Gasteiger partial charge in [-0.3, -0.25) is 14.6 Å². The Morgan fingerprint density at radius 1 is 0.962 bits per heavy atom. The maximum atomic E-state index is 13.8. The van der Waals surface area contributed by atoms with Crippen LogP contribution < -0.4 is 10.6 Å². The van der Waals surface area contributed by atoms with Crippen LogP contribution in [0.1, 0.15) is 42.7 Å². The standard InChI is InChI=1S/C19H21F2N3O2/c1-11(2)17(19(26)23-12(3)13-7-9-22-10-8-13)24-18(25)16-14(20)5-4-6-15(16)21/h4-12,17H,1-3H3,(H,23,26)(H,24,25)/t12?,17-/m0/s1. The van der Waals surface area contributed by atoms with Crippen LogP contribution in [0.2, 0.25) is 0 Å². The van der Waals surface area contributed by atoms with Crippen molar-refractivity contribution in [3.05, 3.63) is 65.5 Å². The molecule has 0 spiro atoms. The van der Waals surface area contributed by atoms with Gasteiger partial charge in [0.05, 0.1) is 6.04 Å². The average molecular weight is 361 g/mol. The predicted octanol–water partition coefficient (Wildman–Crippen LogP) is 2.99. The molecular weight excluding hydrogens is 340 g/mol. The Kier molecular flexibility index (Phi) is 6.38. The molecule has 2 rings (SSSR count). The molecule has 2 amide bonds. The van der Waals surface area contributed by atoms with Gasteiger partial charge in [-0.05, 0) is 42.7 Å². The first kappa shape index (κ1) is 19.5. The van der Waals surface area contributed by atoms with Gasteiger partial charge in [0, 0.05) is 12.4 Å². The van der Waals surface area contributed by atoms with Gasteiger partial charge in [-0.15, -0.1) is 0 Å². The van der Waals surface area contributed by atoms with Crippen LogP contribution in [0.5, 0.6) is 0 Å². The molecule has 2 aromatic rings. The molecule has 26 heavy (non-hydrogen) atoms. The van der Waals surface area contributed by atoms with E-state index in [9.17, 15) is 18.4 Å². The first-order valence-corrected chi connectivity index (χ1v) is 8.26. The molecule has 1 unspecified atom stereocenters. The fraction of sp³-hybridized carbons (Fsp3) is 0.316. The minimum Gasteiger partial charge on any atom is -0.348 e. The van der Waals surface area contributed by atoms with Crippen LogP contribution in [0.15, 0.2) is 42.7 Å². The molecule has 0 aliphatic carbocycles. The normalized spacial score (nSPS) is 13.2. The number of benzene rings is 1. The van der Waals surface area contributed by atoms with E-state index in [1.165, 1.54) is 6.07 Å². The van der Waals surface area contributed by atoms with Crippen LogP contribution in [0.3, 0.4) is 0 Å². The fourth-order valence-electron chi connectivity index (χ4n) is 2.50. The van der Waals surface area contributed by atoms with Gasteiger partial charge in [0.1, 0.15) is 23.2 Å². The third-order valence-electron chi connectivity index (χ3n) is 3.99. The van der Waals surface area contributed by atoms with Crippen molar-refractivity contribution in [2.75, 3.05) is 0 Å². The maximum Gasteiger partial charge on any atom is 0.257 e. The lowest BCUT2D eigenvalue weighted by atomic mass is 10.0. The Hall–Kier alpha value is -2.83. The van der Waals surface area contributed by atoms with E-state index in [0.717, 1.165) is 17.7 Å². The van der Waals surface area contributed by atoms with Gasteiger partial charge in [-0.1, -0.05) is 19.9 Å². The average Bonchev–Trinajstić information content (AvgIpc) is 2.59. The number of pyridine rings is 1. The molecule has 2 atom stereocenters. The highest BCUT2D eigenvalue weighted by molar-refractivity contribution is 5.98. The topological polar surface area (TPSA) is 71.1 Å². The number of carbonyl (C=O) groups excluding carboxylic acids is 2. The zero-order valence-electron chi connectivity index (χ0n) is 14.8. The highest BCUT2D eigenvalue weighted by Crippen LogP contribution is 2.15. The van der Waals surface area contributed by atoms with E-state index >= 15 is 0 Å². The van der Waals surface area contributed by atoms with Gasteiger partial charge in [-0.2, -0.15) is 0 Å². The smallest absolute Gasteiger partial charge is 0.257 e. The number of nitrogens with one attached hydrogen (secondary N) is 2. The SMILES string of the molecule is CC(NC(=O)[C@@H](NC(=O)c1c(F)cccc1F)C(C)C)c1ccncc1. The van der Waals surface area contributed by atoms with Crippen molar-refractivity contribution in [2.24, 2.45) is 5.92 Å². The lowest BCUT2D eigenvalue weighted by Crippen LogP contribution is -2.50. The number of rotatable bonds is 6. The Morgan fingerprint density at radius 3 is 2.08 bits per heavy atom. The van der Waals surface area contributed by atoms with Crippen LogP contribution in [0.4, 0.5) is 8.78 Å². The molecule has 0 aliphatic heterocycles. The minimum atomic E-state index is -0.976. The van der Waals surface area contributed by atoms with Crippen LogP contribution >= 0.6 is 0 Å². The van der Waals surface area contributed by atoms with Crippen LogP contribution in [-0.4, -0.2) is 22.8 Å². The van der Waals surface area contributed by atoms with Crippen LogP contribution in [0.25, 0.3) is 0 Å². The molecule has 5 nitrogen and oxygen atoms in total. The summed E-state index contributed by atoms with van der Waals surface area (Å²) >= 11 is 0. The van der Waals surface area contributed by atoms with Crippen LogP contribution in [-0.2, 0) is 4.79 Å². The molecule has 0 saturated carbocycles. The third kappa shape index (κ3) is 4.62. The molecule has 0 fully saturated rings. The largest absolute Gasteiger partial charge is 0.348 e. The molecule has 0 aliphatic rings. The number of carbonyl (C=O) groups is 2. The second-order valence-corrected chi connectivity index (χ2v) is 6.30. The fourth-order valence-corrected chi connectivity index (χ4v) is 2.50. The van der Waals surface area contributed by atoms with Crippen molar-refractivity contribution in [3.63, 3.8) is 0 Å². The second-order valence-electron chi connectivity index (χ2n) is 6.30. The number of aromatic nitrogens is 1. The number of nitrogens with zero attached hydrogens (tertiary/aromatic N) is 1. The first-order chi connectivity index (χ1) is 12.3. The zero-order valence-corrected chi connectivity index (χ0v) is 14.8. The van der Waals surface area contributed by atoms with Crippen molar-refractivity contribution in [1.29, 1.82) is 0 Å². The molecule has 0 bridgehead atoms. The Balaban J connectivity index is 2.13. The minimum absolute atomic E-state index is 0.279. The van der Waals surface area contributed by atoms with Crippen LogP contribution in [0, 0.1) is 17.6 Å². The Bertz CT molecular complexity index is 761. The second kappa shape index (κ2) is 8.51.